The van der Waals surface area contributed by atoms with Crippen molar-refractivity contribution < 1.29 is 14.3 Å². The summed E-state index contributed by atoms with van der Waals surface area (Å²) in [6.45, 7) is 3.57. The molecule has 3 aromatic rings. The van der Waals surface area contributed by atoms with Crippen molar-refractivity contribution in [1.82, 2.24) is 9.55 Å². The lowest BCUT2D eigenvalue weighted by Crippen LogP contribution is -2.29. The Morgan fingerprint density at radius 2 is 2.04 bits per heavy atom. The molecule has 0 radical (unpaired) electrons. The van der Waals surface area contributed by atoms with E-state index in [1.54, 1.807) is 19.1 Å². The van der Waals surface area contributed by atoms with E-state index in [2.05, 4.69) is 4.98 Å². The standard InChI is InChI=1S/C17H15FN2O3S/c1-3-12(17(22)23)20-8-19-15-14(16(20)21)13(9(2)24-15)10-4-6-11(18)7-5-10/h4-8,12H,3H2,1-2H3,(H,22,23)/t12-/m0/s1. The van der Waals surface area contributed by atoms with Gasteiger partial charge in [-0.3, -0.25) is 9.36 Å². The van der Waals surface area contributed by atoms with Gasteiger partial charge >= 0.3 is 5.97 Å². The highest BCUT2D eigenvalue weighted by molar-refractivity contribution is 7.19. The minimum atomic E-state index is -1.07. The molecule has 0 aliphatic heterocycles. The Hall–Kier alpha value is -2.54. The molecule has 3 rings (SSSR count). The largest absolute Gasteiger partial charge is 0.480 e. The van der Waals surface area contributed by atoms with Crippen LogP contribution in [0.3, 0.4) is 0 Å². The van der Waals surface area contributed by atoms with E-state index < -0.39 is 17.6 Å². The van der Waals surface area contributed by atoms with Crippen LogP contribution in [0, 0.1) is 12.7 Å². The molecule has 2 heterocycles. The van der Waals surface area contributed by atoms with Gasteiger partial charge in [0.2, 0.25) is 0 Å². The highest BCUT2D eigenvalue weighted by Gasteiger charge is 2.23. The minimum Gasteiger partial charge on any atom is -0.480 e. The lowest BCUT2D eigenvalue weighted by Gasteiger charge is -2.13. The van der Waals surface area contributed by atoms with Crippen LogP contribution in [0.15, 0.2) is 35.4 Å². The number of aliphatic carboxylic acids is 1. The number of carboxylic acid groups (broad SMARTS) is 1. The van der Waals surface area contributed by atoms with Crippen molar-refractivity contribution in [3.8, 4) is 11.1 Å². The zero-order valence-electron chi connectivity index (χ0n) is 13.1. The van der Waals surface area contributed by atoms with Crippen molar-refractivity contribution in [2.24, 2.45) is 0 Å². The summed E-state index contributed by atoms with van der Waals surface area (Å²) in [7, 11) is 0. The predicted molar refractivity (Wildman–Crippen MR) is 91.0 cm³/mol. The van der Waals surface area contributed by atoms with Crippen LogP contribution in [0.5, 0.6) is 0 Å². The molecule has 7 heteroatoms. The molecule has 0 saturated carbocycles. The van der Waals surface area contributed by atoms with E-state index in [9.17, 15) is 19.1 Å². The number of rotatable bonds is 4. The van der Waals surface area contributed by atoms with E-state index in [0.29, 0.717) is 21.3 Å². The molecule has 0 unspecified atom stereocenters. The minimum absolute atomic E-state index is 0.275. The molecular formula is C17H15FN2O3S. The Morgan fingerprint density at radius 3 is 2.62 bits per heavy atom. The Bertz CT molecular complexity index is 976. The van der Waals surface area contributed by atoms with Crippen LogP contribution in [-0.4, -0.2) is 20.6 Å². The van der Waals surface area contributed by atoms with Gasteiger partial charge in [0.05, 0.1) is 11.7 Å². The fourth-order valence-electron chi connectivity index (χ4n) is 2.79. The molecule has 5 nitrogen and oxygen atoms in total. The van der Waals surface area contributed by atoms with E-state index in [-0.39, 0.29) is 12.2 Å². The zero-order chi connectivity index (χ0) is 17.4. The third-order valence-corrected chi connectivity index (χ3v) is 4.97. The number of carbonyl (C=O) groups is 1. The van der Waals surface area contributed by atoms with Crippen molar-refractivity contribution in [3.63, 3.8) is 0 Å². The fourth-order valence-corrected chi connectivity index (χ4v) is 3.80. The first kappa shape index (κ1) is 16.3. The van der Waals surface area contributed by atoms with Gasteiger partial charge in [-0.05, 0) is 31.0 Å². The molecule has 0 aliphatic rings. The van der Waals surface area contributed by atoms with Gasteiger partial charge in [-0.25, -0.2) is 14.2 Å². The molecule has 0 aliphatic carbocycles. The second kappa shape index (κ2) is 6.16. The molecule has 0 bridgehead atoms. The Labute approximate surface area is 141 Å². The SMILES string of the molecule is CC[C@@H](C(=O)O)n1cnc2sc(C)c(-c3ccc(F)cc3)c2c1=O. The van der Waals surface area contributed by atoms with Gasteiger partial charge in [-0.15, -0.1) is 11.3 Å². The third kappa shape index (κ3) is 2.60. The zero-order valence-corrected chi connectivity index (χ0v) is 13.9. The highest BCUT2D eigenvalue weighted by atomic mass is 32.1. The summed E-state index contributed by atoms with van der Waals surface area (Å²) < 4.78 is 14.3. The number of carboxylic acids is 1. The van der Waals surface area contributed by atoms with E-state index >= 15 is 0 Å². The van der Waals surface area contributed by atoms with Gasteiger partial charge in [0.15, 0.2) is 0 Å². The number of aryl methyl sites for hydroxylation is 1. The van der Waals surface area contributed by atoms with Crippen molar-refractivity contribution >= 4 is 27.5 Å². The number of nitrogens with zero attached hydrogens (tertiary/aromatic N) is 2. The number of hydrogen-bond donors (Lipinski definition) is 1. The lowest BCUT2D eigenvalue weighted by atomic mass is 10.0. The monoisotopic (exact) mass is 346 g/mol. The number of fused-ring (bicyclic) bond motifs is 1. The molecule has 24 heavy (non-hydrogen) atoms. The molecule has 1 N–H and O–H groups in total. The van der Waals surface area contributed by atoms with Crippen LogP contribution in [0.2, 0.25) is 0 Å². The van der Waals surface area contributed by atoms with Gasteiger partial charge in [0, 0.05) is 10.4 Å². The molecule has 0 amide bonds. The first-order valence-corrected chi connectivity index (χ1v) is 8.24. The number of thiophene rings is 1. The normalized spacial score (nSPS) is 12.5. The molecule has 1 atom stereocenters. The summed E-state index contributed by atoms with van der Waals surface area (Å²) in [4.78, 5) is 30.0. The van der Waals surface area contributed by atoms with Crippen LogP contribution in [-0.2, 0) is 4.79 Å². The number of halogens is 1. The average molecular weight is 346 g/mol. The smallest absolute Gasteiger partial charge is 0.326 e. The van der Waals surface area contributed by atoms with Crippen molar-refractivity contribution in [2.45, 2.75) is 26.3 Å². The van der Waals surface area contributed by atoms with Gasteiger partial charge in [0.1, 0.15) is 16.7 Å². The van der Waals surface area contributed by atoms with E-state index in [4.69, 9.17) is 0 Å². The van der Waals surface area contributed by atoms with Crippen molar-refractivity contribution in [2.75, 3.05) is 0 Å². The predicted octanol–water partition coefficient (Wildman–Crippen LogP) is 3.61. The van der Waals surface area contributed by atoms with Crippen LogP contribution < -0.4 is 5.56 Å². The molecule has 0 fully saturated rings. The Kier molecular flexibility index (Phi) is 4.19. The summed E-state index contributed by atoms with van der Waals surface area (Å²) >= 11 is 1.36. The van der Waals surface area contributed by atoms with E-state index in [1.807, 2.05) is 6.92 Å². The molecule has 124 valence electrons. The first-order valence-electron chi connectivity index (χ1n) is 7.43. The summed E-state index contributed by atoms with van der Waals surface area (Å²) in [6.07, 6.45) is 1.56. The van der Waals surface area contributed by atoms with E-state index in [1.165, 1.54) is 29.8 Å². The Balaban J connectivity index is 2.31. The number of hydrogen-bond acceptors (Lipinski definition) is 4. The highest BCUT2D eigenvalue weighted by Crippen LogP contribution is 2.35. The van der Waals surface area contributed by atoms with Gasteiger partial charge in [-0.2, -0.15) is 0 Å². The molecule has 0 saturated heterocycles. The number of benzene rings is 1. The number of aromatic nitrogens is 2. The van der Waals surface area contributed by atoms with Crippen LogP contribution >= 0.6 is 11.3 Å². The summed E-state index contributed by atoms with van der Waals surface area (Å²) in [6, 6.07) is 4.92. The second-order valence-corrected chi connectivity index (χ2v) is 6.64. The third-order valence-electron chi connectivity index (χ3n) is 3.95. The topological polar surface area (TPSA) is 72.2 Å². The van der Waals surface area contributed by atoms with Gasteiger partial charge < -0.3 is 5.11 Å². The quantitative estimate of drug-likeness (QED) is 0.783. The molecule has 0 spiro atoms. The lowest BCUT2D eigenvalue weighted by molar-refractivity contribution is -0.141. The van der Waals surface area contributed by atoms with E-state index in [0.717, 1.165) is 9.44 Å². The molecule has 1 aromatic carbocycles. The average Bonchev–Trinajstić information content (AvgIpc) is 2.88. The van der Waals surface area contributed by atoms with Gasteiger partial charge in [-0.1, -0.05) is 19.1 Å². The summed E-state index contributed by atoms with van der Waals surface area (Å²) in [5.41, 5.74) is 1.00. The maximum absolute atomic E-state index is 13.2. The summed E-state index contributed by atoms with van der Waals surface area (Å²) in [5, 5.41) is 9.70. The Morgan fingerprint density at radius 1 is 1.38 bits per heavy atom. The maximum Gasteiger partial charge on any atom is 0.326 e. The van der Waals surface area contributed by atoms with Crippen LogP contribution in [0.1, 0.15) is 24.3 Å². The summed E-state index contributed by atoms with van der Waals surface area (Å²) in [5.74, 6) is -1.43. The molecule has 2 aromatic heterocycles. The molecular weight excluding hydrogens is 331 g/mol. The fraction of sp³-hybridized carbons (Fsp3) is 0.235. The van der Waals surface area contributed by atoms with Gasteiger partial charge in [0.25, 0.3) is 5.56 Å². The maximum atomic E-state index is 13.2. The first-order chi connectivity index (χ1) is 11.4. The second-order valence-electron chi connectivity index (χ2n) is 5.44. The van der Waals surface area contributed by atoms with Crippen LogP contribution in [0.4, 0.5) is 4.39 Å². The van der Waals surface area contributed by atoms with Crippen molar-refractivity contribution in [3.05, 3.63) is 51.6 Å². The van der Waals surface area contributed by atoms with Crippen LogP contribution in [0.25, 0.3) is 21.3 Å². The van der Waals surface area contributed by atoms with Crippen molar-refractivity contribution in [1.29, 1.82) is 0 Å².